The summed E-state index contributed by atoms with van der Waals surface area (Å²) in [4.78, 5) is 0. The first kappa shape index (κ1) is 9.54. The maximum atomic E-state index is 8.37. The van der Waals surface area contributed by atoms with Gasteiger partial charge < -0.3 is 16.7 Å². The van der Waals surface area contributed by atoms with E-state index in [1.54, 1.807) is 0 Å². The monoisotopic (exact) mass is 179 g/mol. The molecule has 0 saturated carbocycles. The van der Waals surface area contributed by atoms with Gasteiger partial charge in [0.1, 0.15) is 0 Å². The molecule has 0 fully saturated rings. The third-order valence-electron chi connectivity index (χ3n) is 1.79. The molecule has 4 nitrogen and oxygen atoms in total. The van der Waals surface area contributed by atoms with E-state index in [-0.39, 0.29) is 5.84 Å². The first-order valence-electron chi connectivity index (χ1n) is 4.01. The first-order chi connectivity index (χ1) is 6.24. The SMILES string of the molecule is NC(=NO)C(N)Cc1ccccc1. The minimum atomic E-state index is -0.424. The smallest absolute Gasteiger partial charge is 0.156 e. The Bertz CT molecular complexity index is 284. The summed E-state index contributed by atoms with van der Waals surface area (Å²) in [6.45, 7) is 0. The highest BCUT2D eigenvalue weighted by Gasteiger charge is 2.07. The molecule has 0 aliphatic heterocycles. The molecule has 13 heavy (non-hydrogen) atoms. The zero-order chi connectivity index (χ0) is 9.68. The summed E-state index contributed by atoms with van der Waals surface area (Å²) in [7, 11) is 0. The van der Waals surface area contributed by atoms with E-state index in [9.17, 15) is 0 Å². The third kappa shape index (κ3) is 2.76. The van der Waals surface area contributed by atoms with E-state index >= 15 is 0 Å². The second kappa shape index (κ2) is 4.47. The number of nitrogens with zero attached hydrogens (tertiary/aromatic N) is 1. The van der Waals surface area contributed by atoms with Crippen LogP contribution in [0.25, 0.3) is 0 Å². The van der Waals surface area contributed by atoms with E-state index in [0.717, 1.165) is 5.56 Å². The number of hydrogen-bond donors (Lipinski definition) is 3. The van der Waals surface area contributed by atoms with Gasteiger partial charge >= 0.3 is 0 Å². The zero-order valence-electron chi connectivity index (χ0n) is 7.22. The number of hydrogen-bond acceptors (Lipinski definition) is 3. The molecule has 4 heteroatoms. The highest BCUT2D eigenvalue weighted by atomic mass is 16.4. The Hall–Kier alpha value is -1.55. The minimum Gasteiger partial charge on any atom is -0.409 e. The summed E-state index contributed by atoms with van der Waals surface area (Å²) in [6.07, 6.45) is 0.580. The molecule has 0 amide bonds. The quantitative estimate of drug-likeness (QED) is 0.270. The van der Waals surface area contributed by atoms with Gasteiger partial charge in [-0.25, -0.2) is 0 Å². The Kier molecular flexibility index (Phi) is 3.28. The molecule has 0 aliphatic rings. The highest BCUT2D eigenvalue weighted by Crippen LogP contribution is 2.01. The van der Waals surface area contributed by atoms with Gasteiger partial charge in [0.15, 0.2) is 5.84 Å². The van der Waals surface area contributed by atoms with E-state index in [0.29, 0.717) is 6.42 Å². The topological polar surface area (TPSA) is 84.6 Å². The van der Waals surface area contributed by atoms with Crippen molar-refractivity contribution < 1.29 is 5.21 Å². The van der Waals surface area contributed by atoms with Gasteiger partial charge in [0, 0.05) is 0 Å². The van der Waals surface area contributed by atoms with Gasteiger partial charge in [-0.1, -0.05) is 35.5 Å². The van der Waals surface area contributed by atoms with Crippen LogP contribution in [0.3, 0.4) is 0 Å². The van der Waals surface area contributed by atoms with Crippen LogP contribution < -0.4 is 11.5 Å². The Morgan fingerprint density at radius 3 is 2.54 bits per heavy atom. The van der Waals surface area contributed by atoms with Crippen LogP contribution in [0.5, 0.6) is 0 Å². The van der Waals surface area contributed by atoms with Crippen LogP contribution in [0.2, 0.25) is 0 Å². The lowest BCUT2D eigenvalue weighted by Gasteiger charge is -2.08. The zero-order valence-corrected chi connectivity index (χ0v) is 7.22. The Morgan fingerprint density at radius 1 is 1.38 bits per heavy atom. The van der Waals surface area contributed by atoms with Crippen LogP contribution in [-0.4, -0.2) is 17.1 Å². The summed E-state index contributed by atoms with van der Waals surface area (Å²) in [5.41, 5.74) is 12.1. The molecule has 1 aromatic rings. The maximum Gasteiger partial charge on any atom is 0.156 e. The summed E-state index contributed by atoms with van der Waals surface area (Å²) < 4.78 is 0. The van der Waals surface area contributed by atoms with Gasteiger partial charge in [0.05, 0.1) is 6.04 Å². The van der Waals surface area contributed by atoms with Crippen LogP contribution in [0.4, 0.5) is 0 Å². The van der Waals surface area contributed by atoms with Gasteiger partial charge in [-0.2, -0.15) is 0 Å². The van der Waals surface area contributed by atoms with Gasteiger partial charge in [-0.15, -0.1) is 0 Å². The number of benzene rings is 1. The largest absolute Gasteiger partial charge is 0.409 e. The van der Waals surface area contributed by atoms with Crippen molar-refractivity contribution in [2.45, 2.75) is 12.5 Å². The molecule has 70 valence electrons. The van der Waals surface area contributed by atoms with Crippen LogP contribution in [-0.2, 0) is 6.42 Å². The van der Waals surface area contributed by atoms with Gasteiger partial charge in [0.25, 0.3) is 0 Å². The van der Waals surface area contributed by atoms with Crippen LogP contribution in [0.1, 0.15) is 5.56 Å². The molecule has 0 aromatic heterocycles. The second-order valence-corrected chi connectivity index (χ2v) is 2.82. The molecule has 1 aromatic carbocycles. The van der Waals surface area contributed by atoms with E-state index in [1.807, 2.05) is 30.3 Å². The fourth-order valence-corrected chi connectivity index (χ4v) is 1.05. The highest BCUT2D eigenvalue weighted by molar-refractivity contribution is 5.85. The third-order valence-corrected chi connectivity index (χ3v) is 1.79. The lowest BCUT2D eigenvalue weighted by molar-refractivity contribution is 0.316. The van der Waals surface area contributed by atoms with Crippen molar-refractivity contribution >= 4 is 5.84 Å². The standard InChI is InChI=1S/C9H13N3O/c10-8(9(11)12-13)6-7-4-2-1-3-5-7/h1-5,8,13H,6,10H2,(H2,11,12). The predicted molar refractivity (Wildman–Crippen MR) is 51.5 cm³/mol. The fraction of sp³-hybridized carbons (Fsp3) is 0.222. The number of oxime groups is 1. The molecule has 1 unspecified atom stereocenters. The summed E-state index contributed by atoms with van der Waals surface area (Å²) >= 11 is 0. The molecule has 1 atom stereocenters. The van der Waals surface area contributed by atoms with Crippen LogP contribution >= 0.6 is 0 Å². The fourth-order valence-electron chi connectivity index (χ4n) is 1.05. The molecule has 0 spiro atoms. The lowest BCUT2D eigenvalue weighted by Crippen LogP contribution is -2.38. The predicted octanol–water partition coefficient (Wildman–Crippen LogP) is 0.303. The van der Waals surface area contributed by atoms with Crippen LogP contribution in [0.15, 0.2) is 35.5 Å². The second-order valence-electron chi connectivity index (χ2n) is 2.82. The molecule has 0 saturated heterocycles. The number of nitrogens with two attached hydrogens (primary N) is 2. The van der Waals surface area contributed by atoms with Crippen molar-refractivity contribution in [3.8, 4) is 0 Å². The Morgan fingerprint density at radius 2 is 2.00 bits per heavy atom. The average molecular weight is 179 g/mol. The normalized spacial score (nSPS) is 14.1. The van der Waals surface area contributed by atoms with E-state index in [4.69, 9.17) is 16.7 Å². The van der Waals surface area contributed by atoms with Crippen molar-refractivity contribution in [1.82, 2.24) is 0 Å². The summed E-state index contributed by atoms with van der Waals surface area (Å²) in [5.74, 6) is 0.0591. The van der Waals surface area contributed by atoms with E-state index in [1.165, 1.54) is 0 Å². The van der Waals surface area contributed by atoms with Gasteiger partial charge in [-0.05, 0) is 12.0 Å². The average Bonchev–Trinajstić information content (AvgIpc) is 2.18. The lowest BCUT2D eigenvalue weighted by atomic mass is 10.1. The van der Waals surface area contributed by atoms with Crippen molar-refractivity contribution in [3.63, 3.8) is 0 Å². The Labute approximate surface area is 76.8 Å². The van der Waals surface area contributed by atoms with Crippen LogP contribution in [0, 0.1) is 0 Å². The maximum absolute atomic E-state index is 8.37. The van der Waals surface area contributed by atoms with E-state index in [2.05, 4.69) is 5.16 Å². The van der Waals surface area contributed by atoms with Crippen molar-refractivity contribution in [3.05, 3.63) is 35.9 Å². The van der Waals surface area contributed by atoms with Crippen molar-refractivity contribution in [2.75, 3.05) is 0 Å². The van der Waals surface area contributed by atoms with Crippen molar-refractivity contribution in [2.24, 2.45) is 16.6 Å². The molecule has 0 aliphatic carbocycles. The molecular formula is C9H13N3O. The summed E-state index contributed by atoms with van der Waals surface area (Å²) in [6, 6.07) is 9.25. The number of rotatable bonds is 3. The van der Waals surface area contributed by atoms with Gasteiger partial charge in [0.2, 0.25) is 0 Å². The van der Waals surface area contributed by atoms with Gasteiger partial charge in [-0.3, -0.25) is 0 Å². The molecule has 0 heterocycles. The Balaban J connectivity index is 2.60. The summed E-state index contributed by atoms with van der Waals surface area (Å²) in [5, 5.41) is 11.2. The van der Waals surface area contributed by atoms with E-state index < -0.39 is 6.04 Å². The molecule has 1 rings (SSSR count). The molecule has 0 bridgehead atoms. The minimum absolute atomic E-state index is 0.0591. The first-order valence-corrected chi connectivity index (χ1v) is 4.01. The van der Waals surface area contributed by atoms with Crippen molar-refractivity contribution in [1.29, 1.82) is 0 Å². The molecular weight excluding hydrogens is 166 g/mol. The number of amidine groups is 1. The molecule has 0 radical (unpaired) electrons. The molecule has 5 N–H and O–H groups in total.